The Morgan fingerprint density at radius 2 is 1.89 bits per heavy atom. The molecule has 0 saturated carbocycles. The van der Waals surface area contributed by atoms with Gasteiger partial charge in [0.1, 0.15) is 0 Å². The largest absolute Gasteiger partial charge is 0.326 e. The number of fused-ring (bicyclic) bond motifs is 1. The molecule has 1 amide bonds. The molecule has 1 heterocycles. The van der Waals surface area contributed by atoms with Gasteiger partial charge in [-0.15, -0.1) is 0 Å². The fourth-order valence-electron chi connectivity index (χ4n) is 2.56. The number of carbonyl (C=O) groups excluding carboxylic acids is 1. The molecule has 0 saturated heterocycles. The van der Waals surface area contributed by atoms with Gasteiger partial charge in [0.15, 0.2) is 0 Å². The van der Waals surface area contributed by atoms with Gasteiger partial charge in [0.05, 0.1) is 0 Å². The Morgan fingerprint density at radius 1 is 1.11 bits per heavy atom. The van der Waals surface area contributed by atoms with Crippen molar-refractivity contribution in [2.45, 2.75) is 19.3 Å². The standard InChI is InChI=1S/C16H15NO/c1-11-7-8-15-14(9-11)13(10-16(18)17-15)12-5-3-2-4-6-12/h2-9,13H,10H2,1H3,(H,17,18)/t13-/m1/s1. The first-order valence-corrected chi connectivity index (χ1v) is 6.19. The van der Waals surface area contributed by atoms with Crippen molar-refractivity contribution < 1.29 is 4.79 Å². The Morgan fingerprint density at radius 3 is 2.67 bits per heavy atom. The highest BCUT2D eigenvalue weighted by Crippen LogP contribution is 2.37. The van der Waals surface area contributed by atoms with E-state index >= 15 is 0 Å². The molecular weight excluding hydrogens is 222 g/mol. The maximum Gasteiger partial charge on any atom is 0.225 e. The smallest absolute Gasteiger partial charge is 0.225 e. The first-order valence-electron chi connectivity index (χ1n) is 6.19. The van der Waals surface area contributed by atoms with Crippen LogP contribution in [0, 0.1) is 6.92 Å². The van der Waals surface area contributed by atoms with Crippen molar-refractivity contribution in [3.63, 3.8) is 0 Å². The summed E-state index contributed by atoms with van der Waals surface area (Å²) in [5.41, 5.74) is 4.61. The van der Waals surface area contributed by atoms with Crippen molar-refractivity contribution in [3.05, 3.63) is 65.2 Å². The van der Waals surface area contributed by atoms with Crippen LogP contribution in [0.25, 0.3) is 0 Å². The quantitative estimate of drug-likeness (QED) is 0.808. The fraction of sp³-hybridized carbons (Fsp3) is 0.188. The van der Waals surface area contributed by atoms with E-state index in [1.54, 1.807) is 0 Å². The van der Waals surface area contributed by atoms with Crippen LogP contribution >= 0.6 is 0 Å². The van der Waals surface area contributed by atoms with Crippen molar-refractivity contribution in [2.24, 2.45) is 0 Å². The second kappa shape index (κ2) is 4.30. The van der Waals surface area contributed by atoms with Crippen molar-refractivity contribution in [1.29, 1.82) is 0 Å². The van der Waals surface area contributed by atoms with E-state index in [-0.39, 0.29) is 11.8 Å². The summed E-state index contributed by atoms with van der Waals surface area (Å²) in [5, 5.41) is 2.95. The number of hydrogen-bond acceptors (Lipinski definition) is 1. The molecule has 3 rings (SSSR count). The van der Waals surface area contributed by atoms with E-state index in [1.807, 2.05) is 30.3 Å². The minimum Gasteiger partial charge on any atom is -0.326 e. The second-order valence-corrected chi connectivity index (χ2v) is 4.81. The molecule has 0 radical (unpaired) electrons. The van der Waals surface area contributed by atoms with E-state index in [9.17, 15) is 4.79 Å². The van der Waals surface area contributed by atoms with Gasteiger partial charge in [0.25, 0.3) is 0 Å². The lowest BCUT2D eigenvalue weighted by atomic mass is 9.84. The predicted molar refractivity (Wildman–Crippen MR) is 72.7 cm³/mol. The number of anilines is 1. The van der Waals surface area contributed by atoms with Crippen LogP contribution in [0.15, 0.2) is 48.5 Å². The minimum absolute atomic E-state index is 0.0974. The molecule has 1 atom stereocenters. The van der Waals surface area contributed by atoms with Crippen molar-refractivity contribution >= 4 is 11.6 Å². The molecule has 0 aromatic heterocycles. The van der Waals surface area contributed by atoms with Crippen LogP contribution in [-0.4, -0.2) is 5.91 Å². The highest BCUT2D eigenvalue weighted by atomic mass is 16.1. The lowest BCUT2D eigenvalue weighted by Crippen LogP contribution is -2.23. The molecule has 2 nitrogen and oxygen atoms in total. The van der Waals surface area contributed by atoms with E-state index in [4.69, 9.17) is 0 Å². The molecule has 1 aliphatic rings. The Balaban J connectivity index is 2.12. The minimum atomic E-state index is 0.0974. The number of benzene rings is 2. The average molecular weight is 237 g/mol. The molecule has 0 fully saturated rings. The summed E-state index contributed by atoms with van der Waals surface area (Å²) in [5.74, 6) is 0.273. The van der Waals surface area contributed by atoms with E-state index < -0.39 is 0 Å². The first-order chi connectivity index (χ1) is 8.74. The van der Waals surface area contributed by atoms with Crippen molar-refractivity contribution in [3.8, 4) is 0 Å². The van der Waals surface area contributed by atoms with E-state index in [1.165, 1.54) is 16.7 Å². The van der Waals surface area contributed by atoms with E-state index in [0.29, 0.717) is 6.42 Å². The maximum absolute atomic E-state index is 11.8. The first kappa shape index (κ1) is 11.0. The van der Waals surface area contributed by atoms with Gasteiger partial charge in [-0.2, -0.15) is 0 Å². The van der Waals surface area contributed by atoms with Gasteiger partial charge in [-0.3, -0.25) is 4.79 Å². The molecule has 2 aromatic carbocycles. The zero-order valence-corrected chi connectivity index (χ0v) is 10.3. The van der Waals surface area contributed by atoms with Crippen LogP contribution in [0.1, 0.15) is 29.0 Å². The third-order valence-corrected chi connectivity index (χ3v) is 3.45. The van der Waals surface area contributed by atoms with Gasteiger partial charge >= 0.3 is 0 Å². The summed E-state index contributed by atoms with van der Waals surface area (Å²) < 4.78 is 0. The fourth-order valence-corrected chi connectivity index (χ4v) is 2.56. The highest BCUT2D eigenvalue weighted by Gasteiger charge is 2.26. The maximum atomic E-state index is 11.8. The SMILES string of the molecule is Cc1ccc2c(c1)[C@@H](c1ccccc1)CC(=O)N2. The molecule has 0 bridgehead atoms. The van der Waals surface area contributed by atoms with Crippen LogP contribution in [0.4, 0.5) is 5.69 Å². The van der Waals surface area contributed by atoms with Crippen molar-refractivity contribution in [1.82, 2.24) is 0 Å². The van der Waals surface area contributed by atoms with Gasteiger partial charge in [-0.25, -0.2) is 0 Å². The van der Waals surface area contributed by atoms with E-state index in [2.05, 4.69) is 30.4 Å². The molecule has 1 aliphatic heterocycles. The monoisotopic (exact) mass is 237 g/mol. The average Bonchev–Trinajstić information content (AvgIpc) is 2.39. The number of hydrogen-bond donors (Lipinski definition) is 1. The second-order valence-electron chi connectivity index (χ2n) is 4.81. The van der Waals surface area contributed by atoms with Crippen LogP contribution in [0.3, 0.4) is 0 Å². The molecule has 1 N–H and O–H groups in total. The highest BCUT2D eigenvalue weighted by molar-refractivity contribution is 5.95. The number of rotatable bonds is 1. The lowest BCUT2D eigenvalue weighted by molar-refractivity contribution is -0.116. The van der Waals surface area contributed by atoms with Crippen LogP contribution in [-0.2, 0) is 4.79 Å². The molecule has 18 heavy (non-hydrogen) atoms. The van der Waals surface area contributed by atoms with Crippen LogP contribution < -0.4 is 5.32 Å². The van der Waals surface area contributed by atoms with Gasteiger partial charge in [0, 0.05) is 18.0 Å². The van der Waals surface area contributed by atoms with Gasteiger partial charge in [-0.1, -0.05) is 48.0 Å². The molecule has 0 aliphatic carbocycles. The molecule has 2 aromatic rings. The Hall–Kier alpha value is -2.09. The number of amides is 1. The topological polar surface area (TPSA) is 29.1 Å². The summed E-state index contributed by atoms with van der Waals surface area (Å²) in [6.07, 6.45) is 0.528. The Bertz CT molecular complexity index is 589. The molecule has 0 spiro atoms. The summed E-state index contributed by atoms with van der Waals surface area (Å²) in [6.45, 7) is 2.08. The summed E-state index contributed by atoms with van der Waals surface area (Å²) >= 11 is 0. The van der Waals surface area contributed by atoms with Gasteiger partial charge in [0.2, 0.25) is 5.91 Å². The third kappa shape index (κ3) is 1.90. The number of carbonyl (C=O) groups is 1. The zero-order chi connectivity index (χ0) is 12.5. The number of nitrogens with one attached hydrogen (secondary N) is 1. The van der Waals surface area contributed by atoms with Crippen LogP contribution in [0.5, 0.6) is 0 Å². The lowest BCUT2D eigenvalue weighted by Gasteiger charge is -2.26. The van der Waals surface area contributed by atoms with Crippen molar-refractivity contribution in [2.75, 3.05) is 5.32 Å². The summed E-state index contributed by atoms with van der Waals surface area (Å²) in [7, 11) is 0. The van der Waals surface area contributed by atoms with Gasteiger partial charge < -0.3 is 5.32 Å². The predicted octanol–water partition coefficient (Wildman–Crippen LogP) is 3.47. The summed E-state index contributed by atoms with van der Waals surface area (Å²) in [6, 6.07) is 16.4. The van der Waals surface area contributed by atoms with Crippen LogP contribution in [0.2, 0.25) is 0 Å². The van der Waals surface area contributed by atoms with E-state index in [0.717, 1.165) is 5.69 Å². The molecular formula is C16H15NO. The molecule has 2 heteroatoms. The molecule has 0 unspecified atom stereocenters. The third-order valence-electron chi connectivity index (χ3n) is 3.45. The Labute approximate surface area is 107 Å². The summed E-state index contributed by atoms with van der Waals surface area (Å²) in [4.78, 5) is 11.8. The van der Waals surface area contributed by atoms with Gasteiger partial charge in [-0.05, 0) is 24.1 Å². The normalized spacial score (nSPS) is 18.1. The number of aryl methyl sites for hydroxylation is 1. The molecule has 90 valence electrons. The zero-order valence-electron chi connectivity index (χ0n) is 10.3. The Kier molecular flexibility index (Phi) is 2.63.